The molecule has 29 nitrogen and oxygen atoms in total. The molecule has 1 aromatic heterocycles. The number of carbonyl (C=O) groups is 2. The Labute approximate surface area is 591 Å². The first-order valence-corrected chi connectivity index (χ1v) is 30.3. The number of fused-ring (bicyclic) bond motifs is 1. The van der Waals surface area contributed by atoms with Gasteiger partial charge in [0.05, 0.1) is 122 Å². The van der Waals surface area contributed by atoms with E-state index in [0.29, 0.717) is 151 Å². The number of methoxy groups -OCH3 is 12. The van der Waals surface area contributed by atoms with Gasteiger partial charge in [0.1, 0.15) is 75.5 Å². The van der Waals surface area contributed by atoms with Crippen LogP contribution in [0, 0.1) is 56.5 Å². The molecule has 7 aromatic carbocycles. The predicted octanol–water partition coefficient (Wildman–Crippen LogP) is 10.7. The maximum absolute atomic E-state index is 10.8. The van der Waals surface area contributed by atoms with E-state index in [-0.39, 0.29) is 29.4 Å². The summed E-state index contributed by atoms with van der Waals surface area (Å²) >= 11 is 0. The van der Waals surface area contributed by atoms with Crippen LogP contribution < -0.4 is 67.9 Å². The number of nitriles is 3. The summed E-state index contributed by atoms with van der Waals surface area (Å²) in [5.41, 5.74) is 10.1. The van der Waals surface area contributed by atoms with Gasteiger partial charge in [-0.25, -0.2) is 9.97 Å². The summed E-state index contributed by atoms with van der Waals surface area (Å²) in [5, 5.41) is 41.3. The highest BCUT2D eigenvalue weighted by molar-refractivity contribution is 5.93. The molecular formula is C73H82N8O21. The molecule has 0 fully saturated rings. The number of terminal acetylenes is 1. The molecule has 8 rings (SSSR count). The zero-order chi connectivity index (χ0) is 75.0. The zero-order valence-electron chi connectivity index (χ0n) is 58.7. The molecule has 0 atom stereocenters. The lowest BCUT2D eigenvalue weighted by Gasteiger charge is -2.13. The van der Waals surface area contributed by atoms with Crippen LogP contribution in [0.2, 0.25) is 0 Å². The number of rotatable bonds is 32. The normalized spacial score (nSPS) is 9.73. The number of ether oxygens (including phenoxy) is 17. The minimum absolute atomic E-state index is 0.0757. The Morgan fingerprint density at radius 2 is 0.863 bits per heavy atom. The number of nitrogens with one attached hydrogen (secondary N) is 1. The van der Waals surface area contributed by atoms with Crippen molar-refractivity contribution in [1.82, 2.24) is 9.97 Å². The molecule has 0 aliphatic rings. The van der Waals surface area contributed by atoms with E-state index in [0.717, 1.165) is 34.7 Å². The molecule has 0 aliphatic carbocycles. The highest BCUT2D eigenvalue weighted by Gasteiger charge is 2.20. The predicted molar refractivity (Wildman–Crippen MR) is 378 cm³/mol. The van der Waals surface area contributed by atoms with Crippen molar-refractivity contribution in [3.63, 3.8) is 0 Å². The number of benzene rings is 7. The Balaban J connectivity index is 0.000000324. The number of aromatic nitrogens is 2. The average Bonchev–Trinajstić information content (AvgIpc) is 0.778. The molecule has 0 bridgehead atoms. The van der Waals surface area contributed by atoms with Crippen molar-refractivity contribution in [1.29, 1.82) is 15.8 Å². The highest BCUT2D eigenvalue weighted by Crippen LogP contribution is 2.37. The van der Waals surface area contributed by atoms with Crippen molar-refractivity contribution in [2.45, 2.75) is 0 Å². The molecule has 0 saturated carbocycles. The fourth-order valence-electron chi connectivity index (χ4n) is 8.11. The molecule has 0 amide bonds. The van der Waals surface area contributed by atoms with Gasteiger partial charge in [0.15, 0.2) is 69.0 Å². The van der Waals surface area contributed by atoms with Crippen molar-refractivity contribution in [3.05, 3.63) is 165 Å². The number of hydrogen-bond donors (Lipinski definition) is 2. The molecule has 0 radical (unpaired) electrons. The Kier molecular flexibility index (Phi) is 39.8. The summed E-state index contributed by atoms with van der Waals surface area (Å²) in [5.74, 6) is 9.51. The lowest BCUT2D eigenvalue weighted by Crippen LogP contribution is -2.06. The van der Waals surface area contributed by atoms with Crippen LogP contribution in [-0.4, -0.2) is 179 Å². The Hall–Kier alpha value is -12.4. The van der Waals surface area contributed by atoms with Crippen LogP contribution >= 0.6 is 0 Å². The lowest BCUT2D eigenvalue weighted by atomic mass is 10.1. The van der Waals surface area contributed by atoms with Crippen LogP contribution in [0.25, 0.3) is 10.9 Å². The second-order valence-corrected chi connectivity index (χ2v) is 19.6. The standard InChI is InChI=1S/C20H19N3O3.C11H12N2O5.C11H14N2O3.C11H13NO3.C11H14O4.C9H10O3/c1-4-14-6-5-7-15(10-14)23-20-16-11-19(26-9-8-24-2)18(25-3)12-17(16)21-13-22-20;1-16-3-4-18-11-5-8(7-12)9(13(14)15)6-10(11)17-2;1-14-3-4-16-11-5-8(7-12)9(13)6-10(11)15-2;2*1-13-5-6-15-11-7-9(8-12)3-4-10(11)14-2;1-11-8-4-3-7(6-10)5-9(8)12-2/h1,5-7,10-13H,8-9H2,2-3H3,(H,21,22,23);5-6H,3-4H2,1-2H3;5-6H,3-4,13H2,1-2H3;3-4,7H,5-6H2,1-2H3;3-4,7-8H,5-6H2,1-2H3;3-6H,1-2H3. The molecule has 0 aliphatic heterocycles. The molecule has 0 unspecified atom stereocenters. The minimum Gasteiger partial charge on any atom is -0.493 e. The largest absolute Gasteiger partial charge is 0.493 e. The maximum Gasteiger partial charge on any atom is 0.291 e. The number of nitrogens with two attached hydrogens (primary N) is 1. The van der Waals surface area contributed by atoms with Crippen LogP contribution in [0.1, 0.15) is 43.0 Å². The number of nitrogen functional groups attached to an aromatic ring is 1. The molecule has 1 heterocycles. The first kappa shape index (κ1) is 83.9. The van der Waals surface area contributed by atoms with Crippen LogP contribution in [0.5, 0.6) is 69.0 Å². The van der Waals surface area contributed by atoms with Gasteiger partial charge in [-0.1, -0.05) is 12.0 Å². The molecule has 8 aromatic rings. The third-order valence-electron chi connectivity index (χ3n) is 13.2. The second-order valence-electron chi connectivity index (χ2n) is 19.6. The van der Waals surface area contributed by atoms with Crippen molar-refractivity contribution in [2.75, 3.05) is 162 Å². The molecule has 3 N–H and O–H groups in total. The first-order chi connectivity index (χ1) is 49.5. The highest BCUT2D eigenvalue weighted by atomic mass is 16.6. The monoisotopic (exact) mass is 1410 g/mol. The Bertz CT molecular complexity index is 4100. The van der Waals surface area contributed by atoms with Crippen LogP contribution in [0.15, 0.2) is 122 Å². The van der Waals surface area contributed by atoms with Gasteiger partial charge in [-0.3, -0.25) is 19.7 Å². The number of aldehydes is 2. The van der Waals surface area contributed by atoms with Gasteiger partial charge in [-0.15, -0.1) is 6.42 Å². The molecule has 540 valence electrons. The van der Waals surface area contributed by atoms with E-state index in [2.05, 4.69) is 21.2 Å². The van der Waals surface area contributed by atoms with Crippen LogP contribution in [0.4, 0.5) is 22.9 Å². The van der Waals surface area contributed by atoms with E-state index in [4.69, 9.17) is 108 Å². The van der Waals surface area contributed by atoms with Crippen molar-refractivity contribution >= 4 is 46.4 Å². The smallest absolute Gasteiger partial charge is 0.291 e. The fourth-order valence-corrected chi connectivity index (χ4v) is 8.11. The summed E-state index contributed by atoms with van der Waals surface area (Å²) in [6, 6.07) is 37.7. The van der Waals surface area contributed by atoms with Crippen LogP contribution in [0.3, 0.4) is 0 Å². The molecule has 0 spiro atoms. The molecule has 0 saturated heterocycles. The third kappa shape index (κ3) is 27.9. The van der Waals surface area contributed by atoms with E-state index in [9.17, 15) is 19.7 Å². The van der Waals surface area contributed by atoms with Crippen LogP contribution in [-0.2, 0) is 23.7 Å². The van der Waals surface area contributed by atoms with Crippen molar-refractivity contribution in [3.8, 4) is 99.5 Å². The van der Waals surface area contributed by atoms with Gasteiger partial charge in [0.25, 0.3) is 5.69 Å². The maximum atomic E-state index is 10.8. The zero-order valence-corrected chi connectivity index (χ0v) is 58.7. The fraction of sp³-hybridized carbons (Fsp3) is 0.301. The molecule has 102 heavy (non-hydrogen) atoms. The number of carbonyl (C=O) groups excluding carboxylic acids is 2. The second kappa shape index (κ2) is 48.4. The summed E-state index contributed by atoms with van der Waals surface area (Å²) < 4.78 is 87.4. The number of nitrogens with zero attached hydrogens (tertiary/aromatic N) is 6. The lowest BCUT2D eigenvalue weighted by molar-refractivity contribution is -0.385. The SMILES string of the molecule is C#Cc1cccc(Nc2ncnc3cc(OC)c(OCCOC)cc23)c1.COCCOc1cc(C#N)c(N)cc1OC.COCCOc1cc(C#N)c([N+](=O)[O-])cc1OC.COCCOc1cc(C#N)ccc1OC.COCCOc1cc(C=O)ccc1OC.COc1ccc(C=O)cc1OC. The summed E-state index contributed by atoms with van der Waals surface area (Å²) in [7, 11) is 18.6. The third-order valence-corrected chi connectivity index (χ3v) is 13.2. The van der Waals surface area contributed by atoms with E-state index in [1.54, 1.807) is 130 Å². The number of hydrogen-bond acceptors (Lipinski definition) is 28. The van der Waals surface area contributed by atoms with Crippen molar-refractivity contribution < 1.29 is 95.0 Å². The topological polar surface area (TPSA) is 369 Å². The number of anilines is 3. The molecule has 29 heteroatoms. The quantitative estimate of drug-likeness (QED) is 0.00987. The average molecular weight is 1410 g/mol. The van der Waals surface area contributed by atoms with Crippen molar-refractivity contribution in [2.24, 2.45) is 0 Å². The summed E-state index contributed by atoms with van der Waals surface area (Å²) in [6.07, 6.45) is 8.50. The van der Waals surface area contributed by atoms with Gasteiger partial charge in [0.2, 0.25) is 0 Å². The van der Waals surface area contributed by atoms with E-state index < -0.39 is 4.92 Å². The van der Waals surface area contributed by atoms with Gasteiger partial charge >= 0.3 is 0 Å². The van der Waals surface area contributed by atoms with E-state index in [1.165, 1.54) is 46.9 Å². The van der Waals surface area contributed by atoms with Gasteiger partial charge in [-0.2, -0.15) is 15.8 Å². The van der Waals surface area contributed by atoms with Gasteiger partial charge < -0.3 is 91.6 Å². The van der Waals surface area contributed by atoms with E-state index >= 15 is 0 Å². The Morgan fingerprint density at radius 3 is 1.30 bits per heavy atom. The minimum atomic E-state index is -0.639. The molecular weight excluding hydrogens is 1320 g/mol. The van der Waals surface area contributed by atoms with Gasteiger partial charge in [-0.05, 0) is 72.8 Å². The number of nitro benzene ring substituents is 1. The van der Waals surface area contributed by atoms with Gasteiger partial charge in [0, 0.05) is 93.6 Å². The summed E-state index contributed by atoms with van der Waals surface area (Å²) in [6.45, 7) is 4.23. The number of nitro groups is 1. The van der Waals surface area contributed by atoms with E-state index in [1.807, 2.05) is 48.5 Å². The Morgan fingerprint density at radius 1 is 0.451 bits per heavy atom. The first-order valence-electron chi connectivity index (χ1n) is 30.3. The summed E-state index contributed by atoms with van der Waals surface area (Å²) in [4.78, 5) is 39.7.